The van der Waals surface area contributed by atoms with Crippen LogP contribution >= 0.6 is 0 Å². The molecule has 0 unspecified atom stereocenters. The first-order valence-electron chi connectivity index (χ1n) is 2.98. The van der Waals surface area contributed by atoms with Crippen molar-refractivity contribution in [3.63, 3.8) is 0 Å². The number of nitrogens with zero attached hydrogens (tertiary/aromatic N) is 1. The zero-order valence-corrected chi connectivity index (χ0v) is 5.45. The highest BCUT2D eigenvalue weighted by atomic mass is 16.5. The first-order valence-corrected chi connectivity index (χ1v) is 2.98. The number of hydrogen-bond donors (Lipinski definition) is 0. The average Bonchev–Trinajstić information content (AvgIpc) is 2.03. The van der Waals surface area contributed by atoms with Crippen molar-refractivity contribution >= 4 is 0 Å². The van der Waals surface area contributed by atoms with Gasteiger partial charge in [0.15, 0.2) is 6.61 Å². The predicted octanol–water partition coefficient (Wildman–Crippen LogP) is 1.59. The van der Waals surface area contributed by atoms with E-state index in [1.165, 1.54) is 0 Å². The van der Waals surface area contributed by atoms with Gasteiger partial charge in [-0.15, -0.1) is 0 Å². The van der Waals surface area contributed by atoms with Crippen molar-refractivity contribution in [3.8, 4) is 11.8 Å². The Hall–Kier alpha value is -1.49. The third kappa shape index (κ3) is 1.79. The molecule has 0 aliphatic heterocycles. The molecule has 0 spiro atoms. The van der Waals surface area contributed by atoms with Crippen molar-refractivity contribution < 1.29 is 4.74 Å². The number of rotatable bonds is 2. The second-order valence-electron chi connectivity index (χ2n) is 1.76. The predicted molar refractivity (Wildman–Crippen MR) is 37.6 cm³/mol. The summed E-state index contributed by atoms with van der Waals surface area (Å²) in [6.07, 6.45) is 0. The first kappa shape index (κ1) is 6.63. The lowest BCUT2D eigenvalue weighted by Gasteiger charge is -1.97. The molecular weight excluding hydrogens is 126 g/mol. The van der Waals surface area contributed by atoms with Gasteiger partial charge in [-0.1, -0.05) is 18.2 Å². The minimum absolute atomic E-state index is 0.115. The van der Waals surface area contributed by atoms with E-state index in [4.69, 9.17) is 10.00 Å². The summed E-state index contributed by atoms with van der Waals surface area (Å²) in [6.45, 7) is 0.115. The second kappa shape index (κ2) is 3.52. The fourth-order valence-electron chi connectivity index (χ4n) is 0.632. The summed E-state index contributed by atoms with van der Waals surface area (Å²) >= 11 is 0. The van der Waals surface area contributed by atoms with Crippen LogP contribution < -0.4 is 4.74 Å². The van der Waals surface area contributed by atoms with E-state index in [-0.39, 0.29) is 6.61 Å². The Morgan fingerprint density at radius 1 is 1.30 bits per heavy atom. The number of para-hydroxylation sites is 1. The van der Waals surface area contributed by atoms with Crippen LogP contribution in [0, 0.1) is 11.3 Å². The molecule has 0 radical (unpaired) electrons. The Balaban J connectivity index is 2.52. The molecule has 2 heteroatoms. The van der Waals surface area contributed by atoms with Crippen LogP contribution in [0.15, 0.2) is 30.3 Å². The SMILES string of the molecule is N#CCOc1ccccc1. The zero-order valence-electron chi connectivity index (χ0n) is 5.45. The van der Waals surface area contributed by atoms with Gasteiger partial charge in [0.05, 0.1) is 0 Å². The lowest BCUT2D eigenvalue weighted by Crippen LogP contribution is -1.91. The van der Waals surface area contributed by atoms with Crippen molar-refractivity contribution in [1.82, 2.24) is 0 Å². The molecule has 0 aromatic heterocycles. The number of benzene rings is 1. The molecule has 0 saturated carbocycles. The molecule has 50 valence electrons. The van der Waals surface area contributed by atoms with Crippen molar-refractivity contribution in [2.45, 2.75) is 0 Å². The fourth-order valence-corrected chi connectivity index (χ4v) is 0.632. The summed E-state index contributed by atoms with van der Waals surface area (Å²) < 4.78 is 4.99. The van der Waals surface area contributed by atoms with Crippen LogP contribution in [0.1, 0.15) is 0 Å². The van der Waals surface area contributed by atoms with E-state index in [0.717, 1.165) is 5.75 Å². The summed E-state index contributed by atoms with van der Waals surface area (Å²) in [5.74, 6) is 0.740. The molecule has 1 aromatic rings. The molecule has 0 aliphatic rings. The topological polar surface area (TPSA) is 33.0 Å². The average molecular weight is 133 g/mol. The molecule has 0 amide bonds. The molecular formula is C8H7NO. The second-order valence-corrected chi connectivity index (χ2v) is 1.76. The van der Waals surface area contributed by atoms with Crippen molar-refractivity contribution in [2.24, 2.45) is 0 Å². The van der Waals surface area contributed by atoms with Crippen LogP contribution in [0.25, 0.3) is 0 Å². The van der Waals surface area contributed by atoms with Gasteiger partial charge in [0.25, 0.3) is 0 Å². The van der Waals surface area contributed by atoms with E-state index in [2.05, 4.69) is 0 Å². The quantitative estimate of drug-likeness (QED) is 0.613. The van der Waals surface area contributed by atoms with Crippen LogP contribution in [-0.4, -0.2) is 6.61 Å². The molecule has 0 saturated heterocycles. The van der Waals surface area contributed by atoms with Gasteiger partial charge in [-0.05, 0) is 12.1 Å². The molecule has 0 N–H and O–H groups in total. The van der Waals surface area contributed by atoms with Crippen molar-refractivity contribution in [1.29, 1.82) is 5.26 Å². The molecule has 0 bridgehead atoms. The van der Waals surface area contributed by atoms with Crippen LogP contribution in [0.3, 0.4) is 0 Å². The Bertz CT molecular complexity index is 225. The van der Waals surface area contributed by atoms with Gasteiger partial charge in [-0.25, -0.2) is 0 Å². The van der Waals surface area contributed by atoms with Gasteiger partial charge in [0, 0.05) is 0 Å². The van der Waals surface area contributed by atoms with Crippen LogP contribution in [-0.2, 0) is 0 Å². The fraction of sp³-hybridized carbons (Fsp3) is 0.125. The lowest BCUT2D eigenvalue weighted by atomic mass is 10.3. The molecule has 10 heavy (non-hydrogen) atoms. The summed E-state index contributed by atoms with van der Waals surface area (Å²) in [5, 5.41) is 8.15. The van der Waals surface area contributed by atoms with Crippen LogP contribution in [0.2, 0.25) is 0 Å². The zero-order chi connectivity index (χ0) is 7.23. The number of nitriles is 1. The summed E-state index contributed by atoms with van der Waals surface area (Å²) in [7, 11) is 0. The largest absolute Gasteiger partial charge is 0.479 e. The summed E-state index contributed by atoms with van der Waals surface area (Å²) in [6, 6.07) is 11.2. The molecule has 1 rings (SSSR count). The highest BCUT2D eigenvalue weighted by Crippen LogP contribution is 2.06. The smallest absolute Gasteiger partial charge is 0.174 e. The third-order valence-corrected chi connectivity index (χ3v) is 1.05. The molecule has 2 nitrogen and oxygen atoms in total. The van der Waals surface area contributed by atoms with Crippen LogP contribution in [0.4, 0.5) is 0 Å². The Labute approximate surface area is 59.7 Å². The molecule has 0 aliphatic carbocycles. The maximum absolute atomic E-state index is 8.15. The standard InChI is InChI=1S/C8H7NO/c9-6-7-10-8-4-2-1-3-5-8/h1-5H,7H2. The van der Waals surface area contributed by atoms with E-state index in [1.807, 2.05) is 36.4 Å². The van der Waals surface area contributed by atoms with Crippen LogP contribution in [0.5, 0.6) is 5.75 Å². The van der Waals surface area contributed by atoms with Gasteiger partial charge in [-0.3, -0.25) is 0 Å². The maximum atomic E-state index is 8.15. The minimum atomic E-state index is 0.115. The summed E-state index contributed by atoms with van der Waals surface area (Å²) in [4.78, 5) is 0. The number of ether oxygens (including phenoxy) is 1. The molecule has 0 atom stereocenters. The maximum Gasteiger partial charge on any atom is 0.174 e. The highest BCUT2D eigenvalue weighted by molar-refractivity contribution is 5.21. The van der Waals surface area contributed by atoms with Gasteiger partial charge >= 0.3 is 0 Å². The Kier molecular flexibility index (Phi) is 2.33. The van der Waals surface area contributed by atoms with Gasteiger partial charge in [0.1, 0.15) is 11.8 Å². The van der Waals surface area contributed by atoms with Gasteiger partial charge in [0.2, 0.25) is 0 Å². The van der Waals surface area contributed by atoms with Crippen molar-refractivity contribution in [2.75, 3.05) is 6.61 Å². The summed E-state index contributed by atoms with van der Waals surface area (Å²) in [5.41, 5.74) is 0. The Morgan fingerprint density at radius 3 is 2.60 bits per heavy atom. The van der Waals surface area contributed by atoms with E-state index in [1.54, 1.807) is 0 Å². The van der Waals surface area contributed by atoms with E-state index < -0.39 is 0 Å². The van der Waals surface area contributed by atoms with E-state index >= 15 is 0 Å². The third-order valence-electron chi connectivity index (χ3n) is 1.05. The van der Waals surface area contributed by atoms with Gasteiger partial charge < -0.3 is 4.74 Å². The molecule has 1 aromatic carbocycles. The highest BCUT2D eigenvalue weighted by Gasteiger charge is 1.86. The van der Waals surface area contributed by atoms with E-state index in [0.29, 0.717) is 0 Å². The van der Waals surface area contributed by atoms with E-state index in [9.17, 15) is 0 Å². The monoisotopic (exact) mass is 133 g/mol. The first-order chi connectivity index (χ1) is 4.93. The molecule has 0 heterocycles. The van der Waals surface area contributed by atoms with Crippen molar-refractivity contribution in [3.05, 3.63) is 30.3 Å². The Morgan fingerprint density at radius 2 is 2.00 bits per heavy atom. The number of hydrogen-bond acceptors (Lipinski definition) is 2. The normalized spacial score (nSPS) is 8.30. The minimum Gasteiger partial charge on any atom is -0.479 e. The lowest BCUT2D eigenvalue weighted by molar-refractivity contribution is 0.368. The van der Waals surface area contributed by atoms with Gasteiger partial charge in [-0.2, -0.15) is 5.26 Å². The molecule has 0 fully saturated rings.